The lowest BCUT2D eigenvalue weighted by molar-refractivity contribution is -0.119. The zero-order valence-corrected chi connectivity index (χ0v) is 24.7. The third-order valence-electron chi connectivity index (χ3n) is 8.19. The Morgan fingerprint density at radius 3 is 2.49 bits per heavy atom. The first-order valence-corrected chi connectivity index (χ1v) is 15.0. The van der Waals surface area contributed by atoms with E-state index in [4.69, 9.17) is 21.0 Å². The Balaban J connectivity index is 1.16. The van der Waals surface area contributed by atoms with Crippen LogP contribution >= 0.6 is 0 Å². The number of carbonyl (C=O) groups excluding carboxylic acids is 1. The molecule has 0 saturated carbocycles. The third kappa shape index (κ3) is 5.83. The number of pyridine rings is 2. The molecule has 13 nitrogen and oxygen atoms in total. The Morgan fingerprint density at radius 1 is 0.867 bits per heavy atom. The first-order chi connectivity index (χ1) is 22.1. The average molecular weight is 601 g/mol. The summed E-state index contributed by atoms with van der Waals surface area (Å²) < 4.78 is 2.02. The Bertz CT molecular complexity index is 1890. The number of imidazole rings is 1. The van der Waals surface area contributed by atoms with Crippen molar-refractivity contribution in [3.63, 3.8) is 0 Å². The molecule has 1 amide bonds. The SMILES string of the molecule is N#Cc1nccc(N2CCN(Cc3ccc(-n4c(-c5cccnc5N)nc5ccc(N6CCCNC(=O)C6)nc54)cc3)CC2)n1. The van der Waals surface area contributed by atoms with Crippen LogP contribution in [0.2, 0.25) is 0 Å². The summed E-state index contributed by atoms with van der Waals surface area (Å²) in [4.78, 5) is 41.5. The van der Waals surface area contributed by atoms with Crippen LogP contribution in [0, 0.1) is 11.3 Å². The monoisotopic (exact) mass is 600 g/mol. The number of benzene rings is 1. The summed E-state index contributed by atoms with van der Waals surface area (Å²) in [6.07, 6.45) is 4.15. The molecular weight excluding hydrogens is 568 g/mol. The van der Waals surface area contributed by atoms with Gasteiger partial charge in [-0.1, -0.05) is 12.1 Å². The Morgan fingerprint density at radius 2 is 1.69 bits per heavy atom. The normalized spacial score (nSPS) is 15.9. The summed E-state index contributed by atoms with van der Waals surface area (Å²) in [7, 11) is 0. The van der Waals surface area contributed by atoms with E-state index in [-0.39, 0.29) is 18.3 Å². The molecule has 226 valence electrons. The van der Waals surface area contributed by atoms with Crippen molar-refractivity contribution in [3.8, 4) is 23.1 Å². The predicted molar refractivity (Wildman–Crippen MR) is 171 cm³/mol. The van der Waals surface area contributed by atoms with Gasteiger partial charge in [0.2, 0.25) is 11.7 Å². The Labute approximate surface area is 260 Å². The number of hydrogen-bond acceptors (Lipinski definition) is 11. The molecule has 1 aromatic carbocycles. The number of carbonyl (C=O) groups is 1. The Hall–Kier alpha value is -5.61. The number of nitrogens with zero attached hydrogens (tertiary/aromatic N) is 10. The number of amides is 1. The van der Waals surface area contributed by atoms with Crippen LogP contribution in [0.4, 0.5) is 17.5 Å². The highest BCUT2D eigenvalue weighted by Crippen LogP contribution is 2.31. The molecule has 5 aromatic rings. The number of nitrogen functional groups attached to an aromatic ring is 1. The molecule has 0 unspecified atom stereocenters. The van der Waals surface area contributed by atoms with Gasteiger partial charge in [-0.2, -0.15) is 5.26 Å². The van der Waals surface area contributed by atoms with Crippen LogP contribution in [0.5, 0.6) is 0 Å². The molecule has 0 aliphatic carbocycles. The largest absolute Gasteiger partial charge is 0.383 e. The van der Waals surface area contributed by atoms with E-state index in [0.717, 1.165) is 74.1 Å². The molecule has 0 radical (unpaired) electrons. The minimum absolute atomic E-state index is 0.00843. The summed E-state index contributed by atoms with van der Waals surface area (Å²) in [6.45, 7) is 5.87. The van der Waals surface area contributed by atoms with E-state index in [1.165, 1.54) is 5.56 Å². The van der Waals surface area contributed by atoms with Gasteiger partial charge in [-0.25, -0.2) is 24.9 Å². The van der Waals surface area contributed by atoms with E-state index in [1.54, 1.807) is 12.4 Å². The molecule has 0 atom stereocenters. The second kappa shape index (κ2) is 12.2. The molecule has 2 saturated heterocycles. The van der Waals surface area contributed by atoms with Gasteiger partial charge in [-0.15, -0.1) is 0 Å². The van der Waals surface area contributed by atoms with E-state index < -0.39 is 0 Å². The topological polar surface area (TPSA) is 158 Å². The number of aromatic nitrogens is 6. The maximum Gasteiger partial charge on any atom is 0.239 e. The number of fused-ring (bicyclic) bond motifs is 1. The van der Waals surface area contributed by atoms with Crippen LogP contribution in [0.3, 0.4) is 0 Å². The van der Waals surface area contributed by atoms with E-state index in [9.17, 15) is 4.79 Å². The maximum absolute atomic E-state index is 12.3. The van der Waals surface area contributed by atoms with E-state index in [1.807, 2.05) is 45.9 Å². The van der Waals surface area contributed by atoms with Crippen LogP contribution in [0.25, 0.3) is 28.2 Å². The lowest BCUT2D eigenvalue weighted by Gasteiger charge is -2.35. The van der Waals surface area contributed by atoms with E-state index in [0.29, 0.717) is 23.8 Å². The van der Waals surface area contributed by atoms with E-state index >= 15 is 0 Å². The first kappa shape index (κ1) is 28.2. The standard InChI is InChI=1S/C32H32N12O/c33-19-26-35-13-10-28(39-26)42-17-15-41(16-18-42)20-22-4-6-23(7-5-22)44-31(24-3-1-11-37-30(24)34)38-25-8-9-27(40-32(25)44)43-14-2-12-36-29(45)21-43/h1,3-11,13H,2,12,14-18,20-21H2,(H2,34,37)(H,36,45). The van der Waals surface area contributed by atoms with Gasteiger partial charge in [-0.3, -0.25) is 14.3 Å². The summed E-state index contributed by atoms with van der Waals surface area (Å²) in [5, 5.41) is 12.1. The second-order valence-corrected chi connectivity index (χ2v) is 11.1. The molecule has 0 bridgehead atoms. The van der Waals surface area contributed by atoms with Gasteiger partial charge in [0.1, 0.15) is 29.0 Å². The number of nitrogens with two attached hydrogens (primary N) is 1. The quantitative estimate of drug-likeness (QED) is 0.295. The van der Waals surface area contributed by atoms with Crippen molar-refractivity contribution in [1.29, 1.82) is 5.26 Å². The fourth-order valence-corrected chi connectivity index (χ4v) is 5.88. The number of rotatable bonds is 6. The van der Waals surface area contributed by atoms with Crippen molar-refractivity contribution in [2.24, 2.45) is 0 Å². The van der Waals surface area contributed by atoms with Gasteiger partial charge in [0, 0.05) is 63.9 Å². The fraction of sp³-hybridized carbons (Fsp3) is 0.281. The van der Waals surface area contributed by atoms with Crippen molar-refractivity contribution < 1.29 is 4.79 Å². The van der Waals surface area contributed by atoms with Crippen molar-refractivity contribution in [2.75, 3.05) is 61.3 Å². The smallest absolute Gasteiger partial charge is 0.239 e. The lowest BCUT2D eigenvalue weighted by Crippen LogP contribution is -2.46. The number of nitriles is 1. The highest BCUT2D eigenvalue weighted by atomic mass is 16.2. The third-order valence-corrected chi connectivity index (χ3v) is 8.19. The van der Waals surface area contributed by atoms with Crippen LogP contribution in [-0.4, -0.2) is 86.1 Å². The van der Waals surface area contributed by atoms with Gasteiger partial charge in [0.15, 0.2) is 11.5 Å². The summed E-state index contributed by atoms with van der Waals surface area (Å²) in [5.74, 6) is 2.75. The van der Waals surface area contributed by atoms with Gasteiger partial charge >= 0.3 is 0 Å². The van der Waals surface area contributed by atoms with Gasteiger partial charge < -0.3 is 20.9 Å². The van der Waals surface area contributed by atoms with Crippen molar-refractivity contribution >= 4 is 34.5 Å². The summed E-state index contributed by atoms with van der Waals surface area (Å²) >= 11 is 0. The van der Waals surface area contributed by atoms with Crippen LogP contribution < -0.4 is 20.9 Å². The van der Waals surface area contributed by atoms with Crippen molar-refractivity contribution in [2.45, 2.75) is 13.0 Å². The average Bonchev–Trinajstić information content (AvgIpc) is 3.31. The molecule has 13 heteroatoms. The number of piperazine rings is 1. The highest BCUT2D eigenvalue weighted by Gasteiger charge is 2.22. The molecule has 7 rings (SSSR count). The molecule has 2 fully saturated rings. The number of anilines is 3. The van der Waals surface area contributed by atoms with Crippen LogP contribution in [-0.2, 0) is 11.3 Å². The zero-order valence-electron chi connectivity index (χ0n) is 24.7. The molecular formula is C32H32N12O. The first-order valence-electron chi connectivity index (χ1n) is 15.0. The number of hydrogen-bond donors (Lipinski definition) is 2. The van der Waals surface area contributed by atoms with Crippen LogP contribution in [0.15, 0.2) is 67.0 Å². The fourth-order valence-electron chi connectivity index (χ4n) is 5.88. The minimum Gasteiger partial charge on any atom is -0.383 e. The molecule has 45 heavy (non-hydrogen) atoms. The predicted octanol–water partition coefficient (Wildman–Crippen LogP) is 2.37. The molecule has 6 heterocycles. The second-order valence-electron chi connectivity index (χ2n) is 11.1. The highest BCUT2D eigenvalue weighted by molar-refractivity contribution is 5.85. The molecule has 0 spiro atoms. The van der Waals surface area contributed by atoms with Gasteiger partial charge in [-0.05, 0) is 54.4 Å². The van der Waals surface area contributed by atoms with Gasteiger partial charge in [0.25, 0.3) is 0 Å². The number of nitrogens with one attached hydrogen (secondary N) is 1. The van der Waals surface area contributed by atoms with E-state index in [2.05, 4.69) is 54.3 Å². The molecule has 4 aromatic heterocycles. The summed E-state index contributed by atoms with van der Waals surface area (Å²) in [6, 6.07) is 19.9. The van der Waals surface area contributed by atoms with Crippen molar-refractivity contribution in [1.82, 2.24) is 39.7 Å². The summed E-state index contributed by atoms with van der Waals surface area (Å²) in [5.41, 5.74) is 10.5. The lowest BCUT2D eigenvalue weighted by atomic mass is 10.1. The van der Waals surface area contributed by atoms with Gasteiger partial charge in [0.05, 0.1) is 12.1 Å². The Kier molecular flexibility index (Phi) is 7.62. The van der Waals surface area contributed by atoms with Crippen molar-refractivity contribution in [3.05, 3.63) is 78.4 Å². The zero-order chi connectivity index (χ0) is 30.8. The molecule has 2 aliphatic heterocycles. The minimum atomic E-state index is -0.00843. The van der Waals surface area contributed by atoms with Crippen LogP contribution in [0.1, 0.15) is 17.8 Å². The maximum atomic E-state index is 12.3. The molecule has 3 N–H and O–H groups in total. The molecule has 2 aliphatic rings.